The van der Waals surface area contributed by atoms with Crippen LogP contribution in [0.3, 0.4) is 0 Å². The third-order valence-electron chi connectivity index (χ3n) is 3.35. The van der Waals surface area contributed by atoms with Crippen molar-refractivity contribution in [2.24, 2.45) is 0 Å². The zero-order valence-corrected chi connectivity index (χ0v) is 11.9. The summed E-state index contributed by atoms with van der Waals surface area (Å²) in [7, 11) is 3.42. The second kappa shape index (κ2) is 6.58. The van der Waals surface area contributed by atoms with Crippen LogP contribution in [0, 0.1) is 0 Å². The molecule has 1 aromatic carbocycles. The number of morpholine rings is 1. The van der Waals surface area contributed by atoms with Crippen LogP contribution in [0.25, 0.3) is 0 Å². The number of esters is 1. The van der Waals surface area contributed by atoms with Gasteiger partial charge in [0.15, 0.2) is 0 Å². The number of hydrogen-bond donors (Lipinski definition) is 2. The Hall–Kier alpha value is -1.79. The fourth-order valence-corrected chi connectivity index (χ4v) is 2.25. The summed E-state index contributed by atoms with van der Waals surface area (Å²) in [6.07, 6.45) is 0.0823. The van der Waals surface area contributed by atoms with E-state index in [0.717, 1.165) is 19.7 Å². The number of likely N-dealkylation sites (N-methyl/N-ethyl adjacent to an activating group) is 1. The van der Waals surface area contributed by atoms with E-state index in [1.807, 2.05) is 0 Å². The first-order valence-corrected chi connectivity index (χ1v) is 6.62. The van der Waals surface area contributed by atoms with Crippen LogP contribution in [-0.4, -0.2) is 57.4 Å². The first kappa shape index (κ1) is 14.6. The van der Waals surface area contributed by atoms with Crippen molar-refractivity contribution in [1.82, 2.24) is 4.90 Å². The van der Waals surface area contributed by atoms with Crippen LogP contribution in [0.4, 0.5) is 11.4 Å². The molecule has 1 aromatic rings. The monoisotopic (exact) mass is 279 g/mol. The smallest absolute Gasteiger partial charge is 0.340 e. The van der Waals surface area contributed by atoms with Gasteiger partial charge in [-0.2, -0.15) is 0 Å². The quantitative estimate of drug-likeness (QED) is 0.627. The van der Waals surface area contributed by atoms with Crippen LogP contribution in [0.5, 0.6) is 0 Å². The lowest BCUT2D eigenvalue weighted by molar-refractivity contribution is -0.0117. The molecule has 6 nitrogen and oxygen atoms in total. The van der Waals surface area contributed by atoms with Gasteiger partial charge in [-0.15, -0.1) is 0 Å². The molecule has 0 aromatic heterocycles. The van der Waals surface area contributed by atoms with Crippen LogP contribution in [-0.2, 0) is 9.47 Å². The standard InChI is InChI=1S/C14H21N3O3/c1-17-6-7-20-10(9-17)8-16-13-11(14(18)19-2)4-3-5-12(13)15/h3-5,10,16H,6-9,15H2,1-2H3. The molecule has 1 unspecified atom stereocenters. The van der Waals surface area contributed by atoms with Crippen molar-refractivity contribution in [2.45, 2.75) is 6.10 Å². The van der Waals surface area contributed by atoms with Crippen molar-refractivity contribution in [3.63, 3.8) is 0 Å². The highest BCUT2D eigenvalue weighted by Crippen LogP contribution is 2.24. The van der Waals surface area contributed by atoms with Crippen molar-refractivity contribution in [3.05, 3.63) is 23.8 Å². The lowest BCUT2D eigenvalue weighted by atomic mass is 10.1. The molecule has 1 aliphatic rings. The van der Waals surface area contributed by atoms with Crippen LogP contribution < -0.4 is 11.1 Å². The second-order valence-electron chi connectivity index (χ2n) is 4.90. The minimum absolute atomic E-state index is 0.0823. The normalized spacial score (nSPS) is 19.6. The molecule has 3 N–H and O–H groups in total. The second-order valence-corrected chi connectivity index (χ2v) is 4.90. The zero-order valence-electron chi connectivity index (χ0n) is 11.9. The molecule has 1 fully saturated rings. The van der Waals surface area contributed by atoms with Crippen molar-refractivity contribution >= 4 is 17.3 Å². The molecular formula is C14H21N3O3. The number of para-hydroxylation sites is 1. The number of methoxy groups -OCH3 is 1. The van der Waals surface area contributed by atoms with Crippen molar-refractivity contribution in [2.75, 3.05) is 51.4 Å². The van der Waals surface area contributed by atoms with E-state index in [-0.39, 0.29) is 6.10 Å². The third-order valence-corrected chi connectivity index (χ3v) is 3.35. The molecule has 1 aliphatic heterocycles. The molecule has 2 rings (SSSR count). The Labute approximate surface area is 118 Å². The Morgan fingerprint density at radius 1 is 1.60 bits per heavy atom. The number of hydrogen-bond acceptors (Lipinski definition) is 6. The van der Waals surface area contributed by atoms with E-state index in [1.54, 1.807) is 18.2 Å². The van der Waals surface area contributed by atoms with Crippen LogP contribution in [0.2, 0.25) is 0 Å². The Morgan fingerprint density at radius 3 is 3.10 bits per heavy atom. The highest BCUT2D eigenvalue weighted by molar-refractivity contribution is 5.98. The summed E-state index contributed by atoms with van der Waals surface area (Å²) in [6.45, 7) is 3.12. The number of ether oxygens (including phenoxy) is 2. The van der Waals surface area contributed by atoms with Gasteiger partial charge in [-0.3, -0.25) is 0 Å². The molecule has 0 amide bonds. The van der Waals surface area contributed by atoms with Gasteiger partial charge in [0.05, 0.1) is 36.8 Å². The summed E-state index contributed by atoms with van der Waals surface area (Å²) < 4.78 is 10.4. The van der Waals surface area contributed by atoms with Crippen molar-refractivity contribution < 1.29 is 14.3 Å². The first-order chi connectivity index (χ1) is 9.61. The van der Waals surface area contributed by atoms with Gasteiger partial charge >= 0.3 is 5.97 Å². The summed E-state index contributed by atoms with van der Waals surface area (Å²) >= 11 is 0. The number of rotatable bonds is 4. The lowest BCUT2D eigenvalue weighted by Gasteiger charge is -2.30. The number of anilines is 2. The molecule has 1 saturated heterocycles. The Kier molecular flexibility index (Phi) is 4.81. The SMILES string of the molecule is COC(=O)c1cccc(N)c1NCC1CN(C)CCO1. The van der Waals surface area contributed by atoms with Gasteiger partial charge in [0.25, 0.3) is 0 Å². The van der Waals surface area contributed by atoms with Gasteiger partial charge in [0.2, 0.25) is 0 Å². The van der Waals surface area contributed by atoms with Gasteiger partial charge in [-0.25, -0.2) is 4.79 Å². The Balaban J connectivity index is 2.06. The number of nitrogen functional groups attached to an aromatic ring is 1. The zero-order chi connectivity index (χ0) is 14.5. The summed E-state index contributed by atoms with van der Waals surface area (Å²) in [5, 5.41) is 3.21. The molecule has 6 heteroatoms. The van der Waals surface area contributed by atoms with Crippen LogP contribution in [0.15, 0.2) is 18.2 Å². The van der Waals surface area contributed by atoms with Gasteiger partial charge in [0, 0.05) is 19.6 Å². The number of nitrogens with two attached hydrogens (primary N) is 1. The predicted octanol–water partition coefficient (Wildman–Crippen LogP) is 0.798. The highest BCUT2D eigenvalue weighted by atomic mass is 16.5. The van der Waals surface area contributed by atoms with Gasteiger partial charge in [-0.05, 0) is 19.2 Å². The van der Waals surface area contributed by atoms with E-state index in [9.17, 15) is 4.79 Å². The topological polar surface area (TPSA) is 76.8 Å². The number of carbonyl (C=O) groups is 1. The average molecular weight is 279 g/mol. The molecule has 0 aliphatic carbocycles. The van der Waals surface area contributed by atoms with E-state index < -0.39 is 5.97 Å². The fourth-order valence-electron chi connectivity index (χ4n) is 2.25. The van der Waals surface area contributed by atoms with E-state index >= 15 is 0 Å². The number of nitrogens with zero attached hydrogens (tertiary/aromatic N) is 1. The minimum atomic E-state index is -0.401. The van der Waals surface area contributed by atoms with E-state index in [2.05, 4.69) is 17.3 Å². The van der Waals surface area contributed by atoms with E-state index in [1.165, 1.54) is 7.11 Å². The molecule has 1 atom stereocenters. The Bertz CT molecular complexity index is 479. The maximum atomic E-state index is 11.7. The number of carbonyl (C=O) groups excluding carboxylic acids is 1. The predicted molar refractivity (Wildman–Crippen MR) is 77.9 cm³/mol. The maximum Gasteiger partial charge on any atom is 0.340 e. The highest BCUT2D eigenvalue weighted by Gasteiger charge is 2.19. The van der Waals surface area contributed by atoms with E-state index in [4.69, 9.17) is 15.2 Å². The minimum Gasteiger partial charge on any atom is -0.465 e. The van der Waals surface area contributed by atoms with Gasteiger partial charge in [-0.1, -0.05) is 6.07 Å². The van der Waals surface area contributed by atoms with E-state index in [0.29, 0.717) is 23.5 Å². The first-order valence-electron chi connectivity index (χ1n) is 6.62. The third kappa shape index (κ3) is 3.40. The maximum absolute atomic E-state index is 11.7. The molecule has 0 radical (unpaired) electrons. The van der Waals surface area contributed by atoms with Gasteiger partial charge < -0.3 is 25.4 Å². The molecule has 0 bridgehead atoms. The molecule has 110 valence electrons. The van der Waals surface area contributed by atoms with Crippen LogP contribution in [0.1, 0.15) is 10.4 Å². The molecule has 0 spiro atoms. The van der Waals surface area contributed by atoms with Crippen molar-refractivity contribution in [1.29, 1.82) is 0 Å². The molecule has 0 saturated carbocycles. The Morgan fingerprint density at radius 2 is 2.40 bits per heavy atom. The van der Waals surface area contributed by atoms with Crippen LogP contribution >= 0.6 is 0 Å². The summed E-state index contributed by atoms with van der Waals surface area (Å²) in [5.41, 5.74) is 7.51. The van der Waals surface area contributed by atoms with Crippen molar-refractivity contribution in [3.8, 4) is 0 Å². The molecule has 20 heavy (non-hydrogen) atoms. The number of benzene rings is 1. The summed E-state index contributed by atoms with van der Waals surface area (Å²) in [6, 6.07) is 5.18. The van der Waals surface area contributed by atoms with Gasteiger partial charge in [0.1, 0.15) is 0 Å². The fraction of sp³-hybridized carbons (Fsp3) is 0.500. The average Bonchev–Trinajstić information content (AvgIpc) is 2.45. The number of nitrogens with one attached hydrogen (secondary N) is 1. The molecular weight excluding hydrogens is 258 g/mol. The molecule has 1 heterocycles. The summed E-state index contributed by atoms with van der Waals surface area (Å²) in [4.78, 5) is 13.9. The lowest BCUT2D eigenvalue weighted by Crippen LogP contribution is -2.43. The largest absolute Gasteiger partial charge is 0.465 e. The summed E-state index contributed by atoms with van der Waals surface area (Å²) in [5.74, 6) is -0.401.